The van der Waals surface area contributed by atoms with E-state index in [2.05, 4.69) is 26.4 Å². The summed E-state index contributed by atoms with van der Waals surface area (Å²) in [5.41, 5.74) is 0. The number of hydrogen-bond acceptors (Lipinski definition) is 3. The van der Waals surface area contributed by atoms with Crippen LogP contribution in [0.2, 0.25) is 0 Å². The molecule has 0 bridgehead atoms. The molecule has 0 aliphatic rings. The van der Waals surface area contributed by atoms with E-state index in [1.165, 1.54) is 0 Å². The van der Waals surface area contributed by atoms with Gasteiger partial charge in [-0.3, -0.25) is 3.53 Å². The molecule has 0 amide bonds. The normalized spacial score (nSPS) is 9.43. The fraction of sp³-hybridized carbons (Fsp3) is 1.00. The van der Waals surface area contributed by atoms with Crippen LogP contribution in [0.5, 0.6) is 0 Å². The van der Waals surface area contributed by atoms with E-state index in [4.69, 9.17) is 4.55 Å². The molecule has 7 heavy (non-hydrogen) atoms. The Kier molecular flexibility index (Phi) is 8.00. The third-order valence-corrected chi connectivity index (χ3v) is 1.52. The molecule has 0 aliphatic carbocycles. The lowest BCUT2D eigenvalue weighted by molar-refractivity contribution is 0.660. The van der Waals surface area contributed by atoms with Crippen molar-refractivity contribution in [3.05, 3.63) is 0 Å². The van der Waals surface area contributed by atoms with Crippen molar-refractivity contribution in [3.63, 3.8) is 0 Å². The van der Waals surface area contributed by atoms with Gasteiger partial charge in [-0.15, -0.1) is 0 Å². The van der Waals surface area contributed by atoms with Gasteiger partial charge in [0.25, 0.3) is 0 Å². The van der Waals surface area contributed by atoms with Gasteiger partial charge < -0.3 is 4.55 Å². The summed E-state index contributed by atoms with van der Waals surface area (Å²) >= 11 is 2.98. The van der Waals surface area contributed by atoms with Gasteiger partial charge >= 0.3 is 0 Å². The number of rotatable bonds is 4. The molecule has 0 fully saturated rings. The van der Waals surface area contributed by atoms with Crippen LogP contribution in [0.3, 0.4) is 0 Å². The van der Waals surface area contributed by atoms with Crippen LogP contribution in [0.15, 0.2) is 0 Å². The molecule has 0 aromatic heterocycles. The molecule has 44 valence electrons. The van der Waals surface area contributed by atoms with Crippen LogP contribution in [0, 0.1) is 0 Å². The molecular formula is C3H8INOS. The lowest BCUT2D eigenvalue weighted by atomic mass is 10.5. The van der Waals surface area contributed by atoms with Gasteiger partial charge in [-0.1, -0.05) is 0 Å². The molecular weight excluding hydrogens is 225 g/mol. The van der Waals surface area contributed by atoms with Gasteiger partial charge in [0, 0.05) is 35.2 Å². The molecule has 0 rings (SSSR count). The third-order valence-electron chi connectivity index (χ3n) is 0.507. The zero-order valence-electron chi connectivity index (χ0n) is 3.85. The first-order chi connectivity index (χ1) is 3.41. The second kappa shape index (κ2) is 7.00. The fourth-order valence-electron chi connectivity index (χ4n) is 0.204. The molecule has 2 N–H and O–H groups in total. The van der Waals surface area contributed by atoms with Crippen LogP contribution < -0.4 is 3.53 Å². The first kappa shape index (κ1) is 8.00. The SMILES string of the molecule is OSCCCNI. The second-order valence-corrected chi connectivity index (χ2v) is 2.50. The van der Waals surface area contributed by atoms with Gasteiger partial charge in [0.1, 0.15) is 0 Å². The van der Waals surface area contributed by atoms with Crippen molar-refractivity contribution in [1.29, 1.82) is 0 Å². The number of hydrogen-bond donors (Lipinski definition) is 2. The van der Waals surface area contributed by atoms with Crippen LogP contribution in [0.25, 0.3) is 0 Å². The first-order valence-corrected chi connectivity index (χ1v) is 4.04. The molecule has 0 saturated heterocycles. The average Bonchev–Trinajstić information content (AvgIpc) is 1.69. The molecule has 0 unspecified atom stereocenters. The number of nitrogens with one attached hydrogen (secondary N) is 1. The smallest absolute Gasteiger partial charge is 0.0207 e. The van der Waals surface area contributed by atoms with Crippen LogP contribution in [-0.4, -0.2) is 16.9 Å². The van der Waals surface area contributed by atoms with Crippen molar-refractivity contribution in [2.75, 3.05) is 12.3 Å². The van der Waals surface area contributed by atoms with E-state index in [9.17, 15) is 0 Å². The Morgan fingerprint density at radius 3 is 2.86 bits per heavy atom. The van der Waals surface area contributed by atoms with E-state index in [0.717, 1.165) is 30.8 Å². The third kappa shape index (κ3) is 7.00. The molecule has 0 spiro atoms. The highest BCUT2D eigenvalue weighted by Gasteiger charge is 1.81. The van der Waals surface area contributed by atoms with Crippen LogP contribution in [-0.2, 0) is 0 Å². The number of halogens is 1. The Morgan fingerprint density at radius 1 is 1.71 bits per heavy atom. The lowest BCUT2D eigenvalue weighted by Crippen LogP contribution is -2.00. The summed E-state index contributed by atoms with van der Waals surface area (Å²) in [6, 6.07) is 0. The lowest BCUT2D eigenvalue weighted by Gasteiger charge is -1.90. The minimum atomic E-state index is 0.829. The Bertz CT molecular complexity index is 34.1. The summed E-state index contributed by atoms with van der Waals surface area (Å²) in [5.74, 6) is 0.829. The predicted molar refractivity (Wildman–Crippen MR) is 41.7 cm³/mol. The van der Waals surface area contributed by atoms with E-state index in [0.29, 0.717) is 0 Å². The highest BCUT2D eigenvalue weighted by atomic mass is 127. The summed E-state index contributed by atoms with van der Waals surface area (Å²) in [6.45, 7) is 0.980. The van der Waals surface area contributed by atoms with Crippen LogP contribution >= 0.6 is 34.9 Å². The van der Waals surface area contributed by atoms with Gasteiger partial charge in [0.15, 0.2) is 0 Å². The van der Waals surface area contributed by atoms with Crippen molar-refractivity contribution in [2.45, 2.75) is 6.42 Å². The second-order valence-electron chi connectivity index (χ2n) is 1.07. The molecule has 0 saturated carbocycles. The maximum atomic E-state index is 8.18. The highest BCUT2D eigenvalue weighted by Crippen LogP contribution is 1.92. The van der Waals surface area contributed by atoms with Gasteiger partial charge in [-0.25, -0.2) is 0 Å². The van der Waals surface area contributed by atoms with Gasteiger partial charge in [0.05, 0.1) is 0 Å². The van der Waals surface area contributed by atoms with Crippen molar-refractivity contribution in [2.24, 2.45) is 0 Å². The predicted octanol–water partition coefficient (Wildman–Crippen LogP) is 1.52. The maximum Gasteiger partial charge on any atom is 0.0207 e. The minimum absolute atomic E-state index is 0.829. The van der Waals surface area contributed by atoms with Crippen LogP contribution in [0.4, 0.5) is 0 Å². The monoisotopic (exact) mass is 233 g/mol. The zero-order chi connectivity index (χ0) is 5.54. The summed E-state index contributed by atoms with van der Waals surface area (Å²) < 4.78 is 11.1. The molecule has 0 radical (unpaired) electrons. The van der Waals surface area contributed by atoms with E-state index < -0.39 is 0 Å². The summed E-state index contributed by atoms with van der Waals surface area (Å²) in [6.07, 6.45) is 1.03. The van der Waals surface area contributed by atoms with Crippen molar-refractivity contribution in [3.8, 4) is 0 Å². The van der Waals surface area contributed by atoms with Gasteiger partial charge in [-0.2, -0.15) is 0 Å². The van der Waals surface area contributed by atoms with E-state index in [1.54, 1.807) is 0 Å². The highest BCUT2D eigenvalue weighted by molar-refractivity contribution is 14.1. The Balaban J connectivity index is 2.45. The molecule has 2 nitrogen and oxygen atoms in total. The Hall–Kier alpha value is 1.00. The van der Waals surface area contributed by atoms with E-state index in [1.807, 2.05) is 0 Å². The Morgan fingerprint density at radius 2 is 2.43 bits per heavy atom. The van der Waals surface area contributed by atoms with Gasteiger partial charge in [-0.05, 0) is 18.5 Å². The van der Waals surface area contributed by atoms with E-state index >= 15 is 0 Å². The molecule has 0 aromatic carbocycles. The quantitative estimate of drug-likeness (QED) is 0.334. The maximum absolute atomic E-state index is 8.18. The topological polar surface area (TPSA) is 32.3 Å². The molecule has 0 aliphatic heterocycles. The molecule has 0 heterocycles. The minimum Gasteiger partial charge on any atom is -0.330 e. The average molecular weight is 233 g/mol. The first-order valence-electron chi connectivity index (χ1n) is 2.01. The van der Waals surface area contributed by atoms with Crippen LogP contribution in [0.1, 0.15) is 6.42 Å². The summed E-state index contributed by atoms with van der Waals surface area (Å²) in [5, 5.41) is 0. The van der Waals surface area contributed by atoms with Gasteiger partial charge in [0.2, 0.25) is 0 Å². The molecule has 0 atom stereocenters. The summed E-state index contributed by atoms with van der Waals surface area (Å²) in [4.78, 5) is 0. The zero-order valence-corrected chi connectivity index (χ0v) is 6.83. The van der Waals surface area contributed by atoms with E-state index in [-0.39, 0.29) is 0 Å². The Labute approximate surface area is 61.8 Å². The largest absolute Gasteiger partial charge is 0.330 e. The fourth-order valence-corrected chi connectivity index (χ4v) is 0.858. The van der Waals surface area contributed by atoms with Crippen molar-refractivity contribution in [1.82, 2.24) is 3.53 Å². The standard InChI is InChI=1S/C3H8INOS/c4-5-2-1-3-7-6/h5-6H,1-3H2. The molecule has 0 aromatic rings. The van der Waals surface area contributed by atoms with Crippen molar-refractivity contribution >= 4 is 34.9 Å². The molecule has 4 heteroatoms. The summed E-state index contributed by atoms with van der Waals surface area (Å²) in [7, 11) is 0. The van der Waals surface area contributed by atoms with Crippen molar-refractivity contribution < 1.29 is 4.55 Å².